The Morgan fingerprint density at radius 2 is 1.40 bits per heavy atom. The van der Waals surface area contributed by atoms with E-state index in [4.69, 9.17) is 0 Å². The number of aliphatic hydroxyl groups is 1. The lowest BCUT2D eigenvalue weighted by Crippen LogP contribution is -2.32. The summed E-state index contributed by atoms with van der Waals surface area (Å²) in [4.78, 5) is 0. The normalized spacial score (nSPS) is 46.3. The predicted molar refractivity (Wildman–Crippen MR) is 84.7 cm³/mol. The summed E-state index contributed by atoms with van der Waals surface area (Å²) in [5.41, 5.74) is 0.302. The molecule has 3 aliphatic rings. The van der Waals surface area contributed by atoms with Gasteiger partial charge in [0.15, 0.2) is 0 Å². The molecule has 0 aromatic carbocycles. The van der Waals surface area contributed by atoms with Gasteiger partial charge in [-0.2, -0.15) is 0 Å². The summed E-state index contributed by atoms with van der Waals surface area (Å²) in [7, 11) is 0. The second kappa shape index (κ2) is 5.48. The van der Waals surface area contributed by atoms with Crippen molar-refractivity contribution in [2.75, 3.05) is 0 Å². The minimum Gasteiger partial charge on any atom is -0.390 e. The SMILES string of the molecule is C[C@]1(O)C[C@@]23C=CC[C@@]2(CCCCCCCCCC3)C1. The highest BCUT2D eigenvalue weighted by atomic mass is 16.3. The van der Waals surface area contributed by atoms with Crippen molar-refractivity contribution < 1.29 is 5.11 Å². The van der Waals surface area contributed by atoms with E-state index in [1.54, 1.807) is 0 Å². The molecule has 0 heterocycles. The van der Waals surface area contributed by atoms with Crippen LogP contribution in [0.5, 0.6) is 0 Å². The lowest BCUT2D eigenvalue weighted by atomic mass is 9.63. The van der Waals surface area contributed by atoms with Crippen LogP contribution in [-0.2, 0) is 0 Å². The largest absolute Gasteiger partial charge is 0.390 e. The minimum absolute atomic E-state index is 0.329. The Kier molecular flexibility index (Phi) is 4.01. The van der Waals surface area contributed by atoms with E-state index < -0.39 is 5.60 Å². The van der Waals surface area contributed by atoms with Crippen LogP contribution in [0.1, 0.15) is 90.4 Å². The third kappa shape index (κ3) is 2.58. The van der Waals surface area contributed by atoms with Gasteiger partial charge in [0.2, 0.25) is 0 Å². The van der Waals surface area contributed by atoms with Gasteiger partial charge in [0.25, 0.3) is 0 Å². The Bertz CT molecular complexity index is 370. The van der Waals surface area contributed by atoms with Gasteiger partial charge in [-0.05, 0) is 49.9 Å². The zero-order valence-electron chi connectivity index (χ0n) is 13.3. The highest BCUT2D eigenvalue weighted by Gasteiger charge is 2.60. The first-order chi connectivity index (χ1) is 9.58. The molecule has 0 bridgehead atoms. The van der Waals surface area contributed by atoms with Crippen LogP contribution in [0.2, 0.25) is 0 Å². The molecule has 3 atom stereocenters. The maximum atomic E-state index is 10.7. The van der Waals surface area contributed by atoms with E-state index in [2.05, 4.69) is 19.1 Å². The Hall–Kier alpha value is -0.300. The second-order valence-electron chi connectivity index (χ2n) is 8.22. The van der Waals surface area contributed by atoms with Gasteiger partial charge in [0, 0.05) is 0 Å². The summed E-state index contributed by atoms with van der Waals surface area (Å²) in [6.07, 6.45) is 22.1. The summed E-state index contributed by atoms with van der Waals surface area (Å²) in [6.45, 7) is 2.08. The van der Waals surface area contributed by atoms with Gasteiger partial charge in [0.1, 0.15) is 0 Å². The van der Waals surface area contributed by atoms with Gasteiger partial charge < -0.3 is 5.11 Å². The Balaban J connectivity index is 1.81. The fraction of sp³-hybridized carbons (Fsp3) is 0.895. The smallest absolute Gasteiger partial charge is 0.0634 e. The van der Waals surface area contributed by atoms with Crippen molar-refractivity contribution >= 4 is 0 Å². The summed E-state index contributed by atoms with van der Waals surface area (Å²) < 4.78 is 0. The topological polar surface area (TPSA) is 20.2 Å². The lowest BCUT2D eigenvalue weighted by Gasteiger charge is -2.41. The van der Waals surface area contributed by atoms with E-state index in [-0.39, 0.29) is 0 Å². The van der Waals surface area contributed by atoms with Crippen molar-refractivity contribution in [2.45, 2.75) is 96.0 Å². The molecule has 1 nitrogen and oxygen atoms in total. The molecule has 3 aliphatic carbocycles. The maximum Gasteiger partial charge on any atom is 0.0634 e. The van der Waals surface area contributed by atoms with Crippen LogP contribution in [-0.4, -0.2) is 10.7 Å². The van der Waals surface area contributed by atoms with E-state index in [0.29, 0.717) is 10.8 Å². The second-order valence-corrected chi connectivity index (χ2v) is 8.22. The average molecular weight is 276 g/mol. The fourth-order valence-corrected chi connectivity index (χ4v) is 5.70. The van der Waals surface area contributed by atoms with Crippen molar-refractivity contribution in [1.82, 2.24) is 0 Å². The van der Waals surface area contributed by atoms with Crippen molar-refractivity contribution in [1.29, 1.82) is 0 Å². The number of hydrogen-bond donors (Lipinski definition) is 1. The maximum absolute atomic E-state index is 10.7. The van der Waals surface area contributed by atoms with Crippen LogP contribution in [0.3, 0.4) is 0 Å². The van der Waals surface area contributed by atoms with E-state index in [1.165, 1.54) is 70.6 Å². The highest BCUT2D eigenvalue weighted by Crippen LogP contribution is 2.66. The molecule has 0 amide bonds. The molecular weight excluding hydrogens is 244 g/mol. The first-order valence-electron chi connectivity index (χ1n) is 8.98. The van der Waals surface area contributed by atoms with Crippen molar-refractivity contribution in [3.63, 3.8) is 0 Å². The van der Waals surface area contributed by atoms with Gasteiger partial charge >= 0.3 is 0 Å². The van der Waals surface area contributed by atoms with Gasteiger partial charge in [-0.1, -0.05) is 63.5 Å². The molecule has 0 spiro atoms. The van der Waals surface area contributed by atoms with Crippen LogP contribution in [0, 0.1) is 10.8 Å². The lowest BCUT2D eigenvalue weighted by molar-refractivity contribution is 0.0509. The molecule has 20 heavy (non-hydrogen) atoms. The van der Waals surface area contributed by atoms with E-state index in [9.17, 15) is 5.11 Å². The van der Waals surface area contributed by atoms with Crippen molar-refractivity contribution in [3.8, 4) is 0 Å². The molecule has 2 saturated carbocycles. The third-order valence-corrected chi connectivity index (χ3v) is 6.45. The molecule has 0 aliphatic heterocycles. The van der Waals surface area contributed by atoms with Crippen LogP contribution in [0.15, 0.2) is 12.2 Å². The molecule has 114 valence electrons. The van der Waals surface area contributed by atoms with Gasteiger partial charge in [-0.3, -0.25) is 0 Å². The molecule has 0 aromatic rings. The van der Waals surface area contributed by atoms with Crippen LogP contribution >= 0.6 is 0 Å². The number of rotatable bonds is 0. The van der Waals surface area contributed by atoms with Gasteiger partial charge in [-0.15, -0.1) is 0 Å². The molecular formula is C19H32O. The summed E-state index contributed by atoms with van der Waals surface area (Å²) in [5, 5.41) is 10.7. The summed E-state index contributed by atoms with van der Waals surface area (Å²) in [6, 6.07) is 0. The van der Waals surface area contributed by atoms with E-state index in [0.717, 1.165) is 12.8 Å². The van der Waals surface area contributed by atoms with Crippen molar-refractivity contribution in [3.05, 3.63) is 12.2 Å². The third-order valence-electron chi connectivity index (χ3n) is 6.45. The fourth-order valence-electron chi connectivity index (χ4n) is 5.70. The monoisotopic (exact) mass is 276 g/mol. The molecule has 0 radical (unpaired) electrons. The van der Waals surface area contributed by atoms with Gasteiger partial charge in [-0.25, -0.2) is 0 Å². The van der Waals surface area contributed by atoms with Crippen LogP contribution in [0.25, 0.3) is 0 Å². The number of allylic oxidation sites excluding steroid dienone is 2. The zero-order chi connectivity index (χ0) is 14.1. The molecule has 0 saturated heterocycles. The summed E-state index contributed by atoms with van der Waals surface area (Å²) in [5.74, 6) is 0. The average Bonchev–Trinajstić information content (AvgIpc) is 2.77. The molecule has 1 N–H and O–H groups in total. The van der Waals surface area contributed by atoms with Crippen LogP contribution < -0.4 is 0 Å². The van der Waals surface area contributed by atoms with Gasteiger partial charge in [0.05, 0.1) is 5.60 Å². The Morgan fingerprint density at radius 3 is 2.10 bits per heavy atom. The standard InChI is InChI=1S/C19H32O/c1-17(20)15-18-11-8-6-4-2-3-5-7-9-12-19(18,16-17)14-10-13-18/h10,13,20H,2-9,11-12,14-16H2,1H3/t17-,18+,19-/m0/s1. The summed E-state index contributed by atoms with van der Waals surface area (Å²) >= 11 is 0. The minimum atomic E-state index is -0.426. The Morgan fingerprint density at radius 1 is 0.800 bits per heavy atom. The quantitative estimate of drug-likeness (QED) is 0.589. The van der Waals surface area contributed by atoms with E-state index >= 15 is 0 Å². The molecule has 0 aromatic heterocycles. The molecule has 0 unspecified atom stereocenters. The molecule has 2 fully saturated rings. The van der Waals surface area contributed by atoms with Crippen molar-refractivity contribution in [2.24, 2.45) is 10.8 Å². The zero-order valence-corrected chi connectivity index (χ0v) is 13.3. The highest BCUT2D eigenvalue weighted by molar-refractivity contribution is 5.24. The first kappa shape index (κ1) is 14.6. The molecule has 3 rings (SSSR count). The predicted octanol–water partition coefficient (Wildman–Crippen LogP) is 5.38. The number of hydrogen-bond acceptors (Lipinski definition) is 1. The Labute approximate surface area is 124 Å². The molecule has 1 heteroatoms. The first-order valence-corrected chi connectivity index (χ1v) is 8.98. The van der Waals surface area contributed by atoms with E-state index in [1.807, 2.05) is 0 Å². The van der Waals surface area contributed by atoms with Crippen LogP contribution in [0.4, 0.5) is 0 Å².